The predicted molar refractivity (Wildman–Crippen MR) is 126 cm³/mol. The van der Waals surface area contributed by atoms with Crippen LogP contribution in [0.5, 0.6) is 0 Å². The molecule has 0 saturated heterocycles. The van der Waals surface area contributed by atoms with Crippen LogP contribution in [0.15, 0.2) is 81.9 Å². The molecule has 3 aromatic heterocycles. The Hall–Kier alpha value is -3.72. The van der Waals surface area contributed by atoms with E-state index in [1.54, 1.807) is 23.7 Å². The molecule has 33 heavy (non-hydrogen) atoms. The maximum Gasteiger partial charge on any atom is 0.253 e. The largest absolute Gasteiger partial charge is 0.467 e. The Morgan fingerprint density at radius 2 is 1.97 bits per heavy atom. The number of aromatic nitrogens is 4. The molecule has 0 radical (unpaired) electrons. The fourth-order valence-corrected chi connectivity index (χ4v) is 4.51. The molecule has 1 atom stereocenters. The van der Waals surface area contributed by atoms with Gasteiger partial charge in [-0.2, -0.15) is 5.10 Å². The van der Waals surface area contributed by atoms with Gasteiger partial charge in [-0.05, 0) is 36.8 Å². The highest BCUT2D eigenvalue weighted by Crippen LogP contribution is 2.34. The first-order valence-electron chi connectivity index (χ1n) is 10.5. The van der Waals surface area contributed by atoms with Crippen molar-refractivity contribution in [3.8, 4) is 11.4 Å². The number of carbonyl (C=O) groups is 1. The summed E-state index contributed by atoms with van der Waals surface area (Å²) in [5, 5.41) is 15.4. The van der Waals surface area contributed by atoms with Gasteiger partial charge in [-0.1, -0.05) is 41.6 Å². The van der Waals surface area contributed by atoms with Gasteiger partial charge in [-0.3, -0.25) is 9.78 Å². The smallest absolute Gasteiger partial charge is 0.253 e. The minimum absolute atomic E-state index is 0.116. The van der Waals surface area contributed by atoms with Gasteiger partial charge in [0.15, 0.2) is 11.0 Å². The van der Waals surface area contributed by atoms with Gasteiger partial charge in [-0.25, -0.2) is 5.01 Å². The maximum absolute atomic E-state index is 13.2. The highest BCUT2D eigenvalue weighted by Gasteiger charge is 2.35. The van der Waals surface area contributed by atoms with E-state index in [0.717, 1.165) is 22.6 Å². The second kappa shape index (κ2) is 9.03. The van der Waals surface area contributed by atoms with Gasteiger partial charge in [0.05, 0.1) is 17.7 Å². The number of thioether (sulfide) groups is 1. The fourth-order valence-electron chi connectivity index (χ4n) is 3.74. The van der Waals surface area contributed by atoms with Gasteiger partial charge in [0.25, 0.3) is 5.91 Å². The quantitative estimate of drug-likeness (QED) is 0.401. The van der Waals surface area contributed by atoms with E-state index in [1.807, 2.05) is 67.1 Å². The lowest BCUT2D eigenvalue weighted by Gasteiger charge is -2.19. The van der Waals surface area contributed by atoms with Crippen LogP contribution in [0, 0.1) is 6.92 Å². The zero-order valence-corrected chi connectivity index (χ0v) is 19.1. The Labute approximate surface area is 195 Å². The van der Waals surface area contributed by atoms with Crippen LogP contribution in [-0.2, 0) is 11.8 Å². The zero-order chi connectivity index (χ0) is 22.8. The Morgan fingerprint density at radius 3 is 2.70 bits per heavy atom. The summed E-state index contributed by atoms with van der Waals surface area (Å²) in [6.45, 7) is 2.05. The molecule has 4 heterocycles. The standard InChI is InChI=1S/C24H22N6O2S/c1-16-7-9-17(10-8-16)19-13-20(21-6-4-12-32-21)30(28-19)22(31)15-33-24-27-26-23(29(24)2)18-5-3-11-25-14-18/h3-12,14,20H,13,15H2,1-2H3/t20-/m1/s1. The molecule has 0 aliphatic carbocycles. The van der Waals surface area contributed by atoms with Gasteiger partial charge in [0.2, 0.25) is 0 Å². The molecule has 8 nitrogen and oxygen atoms in total. The third kappa shape index (κ3) is 4.31. The fraction of sp³-hybridized carbons (Fsp3) is 0.208. The summed E-state index contributed by atoms with van der Waals surface area (Å²) < 4.78 is 7.49. The summed E-state index contributed by atoms with van der Waals surface area (Å²) in [4.78, 5) is 17.4. The van der Waals surface area contributed by atoms with Gasteiger partial charge < -0.3 is 8.98 Å². The number of nitrogens with zero attached hydrogens (tertiary/aromatic N) is 6. The Balaban J connectivity index is 1.35. The van der Waals surface area contributed by atoms with Crippen molar-refractivity contribution in [3.05, 3.63) is 84.1 Å². The van der Waals surface area contributed by atoms with Gasteiger partial charge >= 0.3 is 0 Å². The van der Waals surface area contributed by atoms with Crippen LogP contribution in [-0.4, -0.2) is 42.1 Å². The second-order valence-electron chi connectivity index (χ2n) is 7.78. The highest BCUT2D eigenvalue weighted by atomic mass is 32.2. The van der Waals surface area contributed by atoms with Crippen LogP contribution in [0.4, 0.5) is 0 Å². The average Bonchev–Trinajstić information content (AvgIpc) is 3.59. The summed E-state index contributed by atoms with van der Waals surface area (Å²) in [5.41, 5.74) is 3.93. The molecule has 5 rings (SSSR count). The predicted octanol–water partition coefficient (Wildman–Crippen LogP) is 4.25. The number of hydrogen-bond acceptors (Lipinski definition) is 7. The third-order valence-electron chi connectivity index (χ3n) is 5.50. The Kier molecular flexibility index (Phi) is 5.78. The number of pyridine rings is 1. The van der Waals surface area contributed by atoms with Gasteiger partial charge in [0.1, 0.15) is 11.8 Å². The van der Waals surface area contributed by atoms with E-state index >= 15 is 0 Å². The Bertz CT molecular complexity index is 1280. The number of hydrogen-bond donors (Lipinski definition) is 0. The second-order valence-corrected chi connectivity index (χ2v) is 8.72. The average molecular weight is 459 g/mol. The third-order valence-corrected chi connectivity index (χ3v) is 6.51. The number of benzene rings is 1. The van der Waals surface area contributed by atoms with Crippen LogP contribution in [0.2, 0.25) is 0 Å². The van der Waals surface area contributed by atoms with E-state index in [1.165, 1.54) is 17.3 Å². The zero-order valence-electron chi connectivity index (χ0n) is 18.3. The molecular weight excluding hydrogens is 436 g/mol. The first kappa shape index (κ1) is 21.1. The van der Waals surface area contributed by atoms with E-state index in [4.69, 9.17) is 4.42 Å². The molecule has 9 heteroatoms. The minimum Gasteiger partial charge on any atom is -0.467 e. The summed E-state index contributed by atoms with van der Waals surface area (Å²) >= 11 is 1.33. The number of carbonyl (C=O) groups excluding carboxylic acids is 1. The molecule has 1 aliphatic heterocycles. The topological polar surface area (TPSA) is 89.4 Å². The molecule has 0 unspecified atom stereocenters. The molecule has 1 aliphatic rings. The van der Waals surface area contributed by atoms with E-state index in [0.29, 0.717) is 17.4 Å². The monoisotopic (exact) mass is 458 g/mol. The SMILES string of the molecule is Cc1ccc(C2=NN(C(=O)CSc3nnc(-c4cccnc4)n3C)[C@@H](c3ccco3)C2)cc1. The molecular formula is C24H22N6O2S. The van der Waals surface area contributed by atoms with Crippen molar-refractivity contribution < 1.29 is 9.21 Å². The molecule has 0 spiro atoms. The van der Waals surface area contributed by atoms with Crippen molar-refractivity contribution in [2.24, 2.45) is 12.1 Å². The summed E-state index contributed by atoms with van der Waals surface area (Å²) in [5.74, 6) is 1.49. The van der Waals surface area contributed by atoms with Crippen molar-refractivity contribution in [1.82, 2.24) is 24.8 Å². The van der Waals surface area contributed by atoms with Crippen molar-refractivity contribution in [3.63, 3.8) is 0 Å². The molecule has 0 saturated carbocycles. The van der Waals surface area contributed by atoms with Gasteiger partial charge in [0, 0.05) is 31.4 Å². The number of amides is 1. The number of furan rings is 1. The molecule has 4 aromatic rings. The highest BCUT2D eigenvalue weighted by molar-refractivity contribution is 7.99. The lowest BCUT2D eigenvalue weighted by Crippen LogP contribution is -2.28. The van der Waals surface area contributed by atoms with Crippen molar-refractivity contribution in [2.75, 3.05) is 5.75 Å². The van der Waals surface area contributed by atoms with Crippen LogP contribution < -0.4 is 0 Å². The van der Waals surface area contributed by atoms with Crippen molar-refractivity contribution in [2.45, 2.75) is 24.5 Å². The van der Waals surface area contributed by atoms with E-state index < -0.39 is 0 Å². The summed E-state index contributed by atoms with van der Waals surface area (Å²) in [6, 6.07) is 15.4. The maximum atomic E-state index is 13.2. The van der Waals surface area contributed by atoms with Crippen LogP contribution in [0.3, 0.4) is 0 Å². The molecule has 0 fully saturated rings. The first-order valence-corrected chi connectivity index (χ1v) is 11.5. The van der Waals surface area contributed by atoms with Crippen LogP contribution in [0.25, 0.3) is 11.4 Å². The van der Waals surface area contributed by atoms with Gasteiger partial charge in [-0.15, -0.1) is 10.2 Å². The minimum atomic E-state index is -0.269. The van der Waals surface area contributed by atoms with E-state index in [2.05, 4.69) is 20.3 Å². The lowest BCUT2D eigenvalue weighted by molar-refractivity contribution is -0.130. The van der Waals surface area contributed by atoms with Crippen LogP contribution in [0.1, 0.15) is 29.3 Å². The number of hydrazone groups is 1. The van der Waals surface area contributed by atoms with E-state index in [-0.39, 0.29) is 17.7 Å². The van der Waals surface area contributed by atoms with Crippen molar-refractivity contribution >= 4 is 23.4 Å². The lowest BCUT2D eigenvalue weighted by atomic mass is 10.0. The molecule has 0 N–H and O–H groups in total. The first-order chi connectivity index (χ1) is 16.1. The molecule has 1 amide bonds. The Morgan fingerprint density at radius 1 is 1.12 bits per heavy atom. The summed E-state index contributed by atoms with van der Waals surface area (Å²) in [6.07, 6.45) is 5.67. The molecule has 166 valence electrons. The summed E-state index contributed by atoms with van der Waals surface area (Å²) in [7, 11) is 1.88. The number of rotatable bonds is 6. The molecule has 0 bridgehead atoms. The number of aryl methyl sites for hydroxylation is 1. The molecule has 1 aromatic carbocycles. The van der Waals surface area contributed by atoms with Crippen LogP contribution >= 0.6 is 11.8 Å². The van der Waals surface area contributed by atoms with E-state index in [9.17, 15) is 4.79 Å². The normalized spacial score (nSPS) is 15.6. The van der Waals surface area contributed by atoms with Crippen molar-refractivity contribution in [1.29, 1.82) is 0 Å².